The van der Waals surface area contributed by atoms with Crippen LogP contribution in [0, 0.1) is 23.2 Å². The van der Waals surface area contributed by atoms with E-state index >= 15 is 0 Å². The Morgan fingerprint density at radius 2 is 2.12 bits per heavy atom. The van der Waals surface area contributed by atoms with Crippen LogP contribution in [-0.2, 0) is 20.7 Å². The van der Waals surface area contributed by atoms with Gasteiger partial charge in [0.15, 0.2) is 5.13 Å². The number of carbonyl (C=O) groups excluding carboxylic acids is 2. The van der Waals surface area contributed by atoms with Crippen LogP contribution in [0.15, 0.2) is 0 Å². The fourth-order valence-corrected chi connectivity index (χ4v) is 6.96. The van der Waals surface area contributed by atoms with Crippen molar-refractivity contribution in [3.63, 3.8) is 0 Å². The monoisotopic (exact) mass is 466 g/mol. The summed E-state index contributed by atoms with van der Waals surface area (Å²) in [7, 11) is 5.32. The highest BCUT2D eigenvalue weighted by Gasteiger charge is 2.53. The number of aliphatic hydroxyl groups is 1. The molecular formula is C23H38N4O4S. The number of aliphatic hydroxyl groups excluding tert-OH is 1. The SMILES string of the molecule is COCCNC(=O)[C@@H](C)[C@H]1CC[C@]2(C)Cc3sc(NC(=O)CN(C)C)nc3[C@@H](C)[C@@H]2[C@H]1O. The van der Waals surface area contributed by atoms with Crippen molar-refractivity contribution in [2.75, 3.05) is 46.2 Å². The number of carbonyl (C=O) groups is 2. The van der Waals surface area contributed by atoms with Crippen LogP contribution in [0.5, 0.6) is 0 Å². The molecule has 2 aliphatic carbocycles. The number of ether oxygens (including phenoxy) is 1. The molecule has 2 aliphatic rings. The first-order valence-electron chi connectivity index (χ1n) is 11.5. The van der Waals surface area contributed by atoms with Crippen LogP contribution >= 0.6 is 11.3 Å². The van der Waals surface area contributed by atoms with Crippen molar-refractivity contribution in [1.82, 2.24) is 15.2 Å². The minimum Gasteiger partial charge on any atom is -0.392 e. The maximum Gasteiger partial charge on any atom is 0.240 e. The molecule has 180 valence electrons. The molecule has 1 aromatic rings. The van der Waals surface area contributed by atoms with Crippen LogP contribution in [-0.4, -0.2) is 73.8 Å². The van der Waals surface area contributed by atoms with Gasteiger partial charge in [0.25, 0.3) is 0 Å². The quantitative estimate of drug-likeness (QED) is 0.507. The molecule has 1 saturated carbocycles. The summed E-state index contributed by atoms with van der Waals surface area (Å²) in [5.41, 5.74) is 0.931. The van der Waals surface area contributed by atoms with Gasteiger partial charge in [-0.3, -0.25) is 9.59 Å². The first-order chi connectivity index (χ1) is 15.1. The van der Waals surface area contributed by atoms with Crippen LogP contribution in [0.25, 0.3) is 0 Å². The average molecular weight is 467 g/mol. The van der Waals surface area contributed by atoms with Gasteiger partial charge in [-0.2, -0.15) is 0 Å². The molecule has 6 atom stereocenters. The number of fused-ring (bicyclic) bond motifs is 2. The molecule has 0 spiro atoms. The summed E-state index contributed by atoms with van der Waals surface area (Å²) >= 11 is 1.55. The predicted octanol–water partition coefficient (Wildman–Crippen LogP) is 2.09. The van der Waals surface area contributed by atoms with Gasteiger partial charge in [-0.05, 0) is 50.6 Å². The summed E-state index contributed by atoms with van der Waals surface area (Å²) in [4.78, 5) is 32.6. The fourth-order valence-electron chi connectivity index (χ4n) is 5.68. The van der Waals surface area contributed by atoms with E-state index in [1.807, 2.05) is 25.9 Å². The lowest BCUT2D eigenvalue weighted by Gasteiger charge is -2.53. The summed E-state index contributed by atoms with van der Waals surface area (Å²) in [6.07, 6.45) is 2.05. The Morgan fingerprint density at radius 1 is 1.41 bits per heavy atom. The maximum absolute atomic E-state index is 12.6. The van der Waals surface area contributed by atoms with Crippen LogP contribution in [0.4, 0.5) is 5.13 Å². The zero-order valence-corrected chi connectivity index (χ0v) is 20.9. The Balaban J connectivity index is 1.76. The molecule has 3 rings (SSSR count). The number of nitrogens with zero attached hydrogens (tertiary/aromatic N) is 2. The number of methoxy groups -OCH3 is 1. The average Bonchev–Trinajstić information content (AvgIpc) is 3.08. The molecule has 0 unspecified atom stereocenters. The van der Waals surface area contributed by atoms with E-state index in [4.69, 9.17) is 9.72 Å². The second-order valence-corrected chi connectivity index (χ2v) is 11.1. The van der Waals surface area contributed by atoms with E-state index in [0.717, 1.165) is 25.0 Å². The third kappa shape index (κ3) is 5.16. The largest absolute Gasteiger partial charge is 0.392 e. The van der Waals surface area contributed by atoms with E-state index in [0.29, 0.717) is 24.8 Å². The summed E-state index contributed by atoms with van der Waals surface area (Å²) in [5.74, 6) is -0.380. The van der Waals surface area contributed by atoms with E-state index in [-0.39, 0.29) is 40.9 Å². The van der Waals surface area contributed by atoms with Crippen molar-refractivity contribution in [3.8, 4) is 0 Å². The minimum atomic E-state index is -0.575. The number of hydrogen-bond acceptors (Lipinski definition) is 7. The summed E-state index contributed by atoms with van der Waals surface area (Å²) < 4.78 is 5.02. The van der Waals surface area contributed by atoms with Crippen molar-refractivity contribution in [1.29, 1.82) is 0 Å². The van der Waals surface area contributed by atoms with Gasteiger partial charge >= 0.3 is 0 Å². The highest BCUT2D eigenvalue weighted by Crippen LogP contribution is 2.57. The molecule has 1 aromatic heterocycles. The predicted molar refractivity (Wildman–Crippen MR) is 126 cm³/mol. The number of nitrogens with one attached hydrogen (secondary N) is 2. The molecule has 0 aromatic carbocycles. The third-order valence-electron chi connectivity index (χ3n) is 7.29. The van der Waals surface area contributed by atoms with Gasteiger partial charge in [0.05, 0.1) is 24.9 Å². The Hall–Kier alpha value is -1.55. The van der Waals surface area contributed by atoms with Gasteiger partial charge in [-0.15, -0.1) is 11.3 Å². The Morgan fingerprint density at radius 3 is 2.78 bits per heavy atom. The molecule has 8 nitrogen and oxygen atoms in total. The number of aromatic nitrogens is 1. The van der Waals surface area contributed by atoms with Crippen molar-refractivity contribution in [2.24, 2.45) is 23.2 Å². The van der Waals surface area contributed by atoms with Gasteiger partial charge < -0.3 is 25.4 Å². The molecule has 0 radical (unpaired) electrons. The smallest absolute Gasteiger partial charge is 0.240 e. The first-order valence-corrected chi connectivity index (χ1v) is 12.3. The van der Waals surface area contributed by atoms with Crippen LogP contribution < -0.4 is 10.6 Å². The minimum absolute atomic E-state index is 0.0235. The number of rotatable bonds is 8. The van der Waals surface area contributed by atoms with Gasteiger partial charge in [0.1, 0.15) is 0 Å². The molecule has 0 saturated heterocycles. The number of amides is 2. The lowest BCUT2D eigenvalue weighted by Crippen LogP contribution is -2.53. The maximum atomic E-state index is 12.6. The van der Waals surface area contributed by atoms with E-state index in [1.54, 1.807) is 18.4 Å². The molecule has 2 amide bonds. The Kier molecular flexibility index (Phi) is 7.96. The Bertz CT molecular complexity index is 829. The summed E-state index contributed by atoms with van der Waals surface area (Å²) in [6, 6.07) is 0. The van der Waals surface area contributed by atoms with Crippen LogP contribution in [0.1, 0.15) is 50.1 Å². The lowest BCUT2D eigenvalue weighted by molar-refractivity contribution is -0.135. The van der Waals surface area contributed by atoms with Gasteiger partial charge in [0.2, 0.25) is 11.8 Å². The standard InChI is InChI=1S/C23H38N4O4S/c1-13(21(30)24-9-10-31-6)15-7-8-23(3)11-16-19(14(2)18(23)20(15)29)26-22(32-16)25-17(28)12-27(4)5/h13-15,18,20,29H,7-12H2,1-6H3,(H,24,30)(H,25,26,28)/t13-,14-,15+,18+,20-,23+/m0/s1. The first kappa shape index (κ1) is 25.1. The molecule has 1 heterocycles. The second-order valence-electron chi connectivity index (χ2n) is 10.0. The molecule has 0 aliphatic heterocycles. The highest BCUT2D eigenvalue weighted by atomic mass is 32.1. The summed E-state index contributed by atoms with van der Waals surface area (Å²) in [6.45, 7) is 7.56. The molecule has 3 N–H and O–H groups in total. The van der Waals surface area contributed by atoms with E-state index in [1.165, 1.54) is 4.88 Å². The van der Waals surface area contributed by atoms with Crippen molar-refractivity contribution >= 4 is 28.3 Å². The van der Waals surface area contributed by atoms with Crippen molar-refractivity contribution in [3.05, 3.63) is 10.6 Å². The van der Waals surface area contributed by atoms with Gasteiger partial charge in [-0.1, -0.05) is 20.8 Å². The van der Waals surface area contributed by atoms with Gasteiger partial charge in [0, 0.05) is 30.4 Å². The van der Waals surface area contributed by atoms with Crippen LogP contribution in [0.2, 0.25) is 0 Å². The van der Waals surface area contributed by atoms with E-state index < -0.39 is 6.10 Å². The van der Waals surface area contributed by atoms with Gasteiger partial charge in [-0.25, -0.2) is 4.98 Å². The number of thiazole rings is 1. The fraction of sp³-hybridized carbons (Fsp3) is 0.783. The third-order valence-corrected chi connectivity index (χ3v) is 8.28. The zero-order chi connectivity index (χ0) is 23.6. The van der Waals surface area contributed by atoms with E-state index in [9.17, 15) is 14.7 Å². The second kappa shape index (κ2) is 10.2. The van der Waals surface area contributed by atoms with Crippen molar-refractivity contribution in [2.45, 2.75) is 52.1 Å². The van der Waals surface area contributed by atoms with Crippen molar-refractivity contribution < 1.29 is 19.4 Å². The summed E-state index contributed by atoms with van der Waals surface area (Å²) in [5, 5.41) is 17.9. The number of anilines is 1. The van der Waals surface area contributed by atoms with E-state index in [2.05, 4.69) is 24.5 Å². The molecule has 1 fully saturated rings. The number of likely N-dealkylation sites (N-methyl/N-ethyl adjacent to an activating group) is 1. The topological polar surface area (TPSA) is 104 Å². The molecule has 32 heavy (non-hydrogen) atoms. The zero-order valence-electron chi connectivity index (χ0n) is 20.1. The molecular weight excluding hydrogens is 428 g/mol. The highest BCUT2D eigenvalue weighted by molar-refractivity contribution is 7.15. The molecule has 9 heteroatoms. The van der Waals surface area contributed by atoms with Crippen LogP contribution in [0.3, 0.4) is 0 Å². The normalized spacial score (nSPS) is 30.4. The lowest BCUT2D eigenvalue weighted by atomic mass is 9.53. The number of hydrogen-bond donors (Lipinski definition) is 3. The Labute approximate surface area is 195 Å². The molecule has 0 bridgehead atoms.